The van der Waals surface area contributed by atoms with E-state index >= 15 is 0 Å². The first-order valence-electron chi connectivity index (χ1n) is 8.75. The molecule has 0 aromatic heterocycles. The third-order valence-corrected chi connectivity index (χ3v) is 5.20. The maximum atomic E-state index is 12.4. The molecular weight excluding hydrogens is 304 g/mol. The zero-order chi connectivity index (χ0) is 17.5. The average Bonchev–Trinajstić information content (AvgIpc) is 2.94. The molecule has 1 saturated carbocycles. The van der Waals surface area contributed by atoms with Crippen molar-refractivity contribution in [1.82, 2.24) is 5.32 Å². The van der Waals surface area contributed by atoms with Gasteiger partial charge in [0.15, 0.2) is 0 Å². The van der Waals surface area contributed by atoms with Gasteiger partial charge in [0, 0.05) is 29.7 Å². The van der Waals surface area contributed by atoms with Crippen LogP contribution in [0.1, 0.15) is 39.7 Å². The van der Waals surface area contributed by atoms with Gasteiger partial charge in [-0.1, -0.05) is 13.8 Å². The van der Waals surface area contributed by atoms with Gasteiger partial charge >= 0.3 is 6.03 Å². The van der Waals surface area contributed by atoms with Crippen LogP contribution in [0.25, 0.3) is 0 Å². The predicted molar refractivity (Wildman–Crippen MR) is 94.5 cm³/mol. The summed E-state index contributed by atoms with van der Waals surface area (Å²) in [6, 6.07) is 5.73. The first-order valence-corrected chi connectivity index (χ1v) is 8.75. The third kappa shape index (κ3) is 3.09. The molecular formula is C19H28N2O3. The fourth-order valence-corrected chi connectivity index (χ4v) is 4.04. The van der Waals surface area contributed by atoms with E-state index in [1.165, 1.54) is 0 Å². The van der Waals surface area contributed by atoms with Gasteiger partial charge in [-0.25, -0.2) is 4.79 Å². The van der Waals surface area contributed by atoms with Crippen LogP contribution in [-0.2, 0) is 4.74 Å². The molecule has 0 bridgehead atoms. The van der Waals surface area contributed by atoms with Crippen molar-refractivity contribution in [1.29, 1.82) is 0 Å². The van der Waals surface area contributed by atoms with Crippen LogP contribution in [0.3, 0.4) is 0 Å². The molecule has 0 unspecified atom stereocenters. The summed E-state index contributed by atoms with van der Waals surface area (Å²) < 4.78 is 11.5. The molecule has 1 heterocycles. The number of benzene rings is 1. The minimum atomic E-state index is -0.154. The summed E-state index contributed by atoms with van der Waals surface area (Å²) in [4.78, 5) is 12.4. The molecule has 2 aliphatic rings. The van der Waals surface area contributed by atoms with E-state index in [1.807, 2.05) is 39.0 Å². The topological polar surface area (TPSA) is 59.6 Å². The van der Waals surface area contributed by atoms with Crippen molar-refractivity contribution in [2.75, 3.05) is 11.9 Å². The Kier molecular flexibility index (Phi) is 4.47. The van der Waals surface area contributed by atoms with Gasteiger partial charge in [0.2, 0.25) is 0 Å². The first kappa shape index (κ1) is 17.1. The zero-order valence-electron chi connectivity index (χ0n) is 15.2. The fourth-order valence-electron chi connectivity index (χ4n) is 4.04. The van der Waals surface area contributed by atoms with E-state index in [9.17, 15) is 4.79 Å². The van der Waals surface area contributed by atoms with Crippen LogP contribution in [0, 0.1) is 18.3 Å². The lowest BCUT2D eigenvalue weighted by Crippen LogP contribution is -2.67. The number of nitrogens with one attached hydrogen (secondary N) is 2. The number of hydrogen-bond donors (Lipinski definition) is 2. The summed E-state index contributed by atoms with van der Waals surface area (Å²) >= 11 is 0. The molecule has 3 rings (SSSR count). The Morgan fingerprint density at radius 1 is 1.38 bits per heavy atom. The molecule has 1 aliphatic heterocycles. The van der Waals surface area contributed by atoms with Gasteiger partial charge < -0.3 is 20.1 Å². The second kappa shape index (κ2) is 6.28. The SMILES string of the molecule is Cc1cc(OC(C)C)ccc1NC(=O)N[C@@H]1[C@@H]2CCO[C@H]2C1(C)C. The standard InChI is InChI=1S/C19H28N2O3/c1-11(2)24-13-6-7-15(12(3)10-13)20-18(22)21-16-14-8-9-23-17(14)19(16,4)5/h6-7,10-11,14,16-17H,8-9H2,1-5H3,(H2,20,21,22)/t14-,16+,17+/m0/s1. The van der Waals surface area contributed by atoms with Gasteiger partial charge in [0.25, 0.3) is 0 Å². The van der Waals surface area contributed by atoms with Crippen molar-refractivity contribution in [3.63, 3.8) is 0 Å². The Morgan fingerprint density at radius 2 is 2.12 bits per heavy atom. The summed E-state index contributed by atoms with van der Waals surface area (Å²) in [5.41, 5.74) is 1.78. The normalized spacial score (nSPS) is 27.3. The van der Waals surface area contributed by atoms with Gasteiger partial charge in [0.05, 0.1) is 12.2 Å². The predicted octanol–water partition coefficient (Wildman–Crippen LogP) is 3.72. The molecule has 0 radical (unpaired) electrons. The largest absolute Gasteiger partial charge is 0.491 e. The highest BCUT2D eigenvalue weighted by Gasteiger charge is 2.59. The van der Waals surface area contributed by atoms with Crippen LogP contribution in [0.2, 0.25) is 0 Å². The number of carbonyl (C=O) groups is 1. The lowest BCUT2D eigenvalue weighted by Gasteiger charge is -2.54. The first-order chi connectivity index (χ1) is 11.3. The maximum absolute atomic E-state index is 12.4. The van der Waals surface area contributed by atoms with Crippen molar-refractivity contribution in [3.05, 3.63) is 23.8 Å². The molecule has 5 nitrogen and oxygen atoms in total. The number of hydrogen-bond acceptors (Lipinski definition) is 3. The highest BCUT2D eigenvalue weighted by molar-refractivity contribution is 5.90. The molecule has 132 valence electrons. The van der Waals surface area contributed by atoms with Crippen LogP contribution in [-0.4, -0.2) is 30.9 Å². The number of fused-ring (bicyclic) bond motifs is 1. The van der Waals surface area contributed by atoms with Crippen molar-refractivity contribution in [2.24, 2.45) is 11.3 Å². The van der Waals surface area contributed by atoms with Crippen molar-refractivity contribution in [2.45, 2.75) is 59.3 Å². The lowest BCUT2D eigenvalue weighted by atomic mass is 9.57. The number of amides is 2. The lowest BCUT2D eigenvalue weighted by molar-refractivity contribution is -0.107. The Bertz CT molecular complexity index is 627. The van der Waals surface area contributed by atoms with Gasteiger partial charge in [-0.05, 0) is 51.0 Å². The summed E-state index contributed by atoms with van der Waals surface area (Å²) in [5.74, 6) is 1.26. The molecule has 1 aliphatic carbocycles. The molecule has 1 aromatic rings. The van der Waals surface area contributed by atoms with Crippen LogP contribution < -0.4 is 15.4 Å². The van der Waals surface area contributed by atoms with Gasteiger partial charge in [-0.15, -0.1) is 0 Å². The quantitative estimate of drug-likeness (QED) is 0.883. The zero-order valence-corrected chi connectivity index (χ0v) is 15.2. The number of urea groups is 1. The molecule has 1 aromatic carbocycles. The van der Waals surface area contributed by atoms with Gasteiger partial charge in [-0.2, -0.15) is 0 Å². The van der Waals surface area contributed by atoms with E-state index in [0.29, 0.717) is 5.92 Å². The molecule has 2 amide bonds. The minimum Gasteiger partial charge on any atom is -0.491 e. The van der Waals surface area contributed by atoms with Crippen LogP contribution in [0.15, 0.2) is 18.2 Å². The molecule has 1 saturated heterocycles. The van der Waals surface area contributed by atoms with Gasteiger partial charge in [-0.3, -0.25) is 0 Å². The molecule has 5 heteroatoms. The molecule has 3 atom stereocenters. The van der Waals surface area contributed by atoms with Crippen molar-refractivity contribution in [3.8, 4) is 5.75 Å². The Hall–Kier alpha value is -1.75. The minimum absolute atomic E-state index is 0.0114. The van der Waals surface area contributed by atoms with Crippen LogP contribution in [0.5, 0.6) is 5.75 Å². The number of carbonyl (C=O) groups excluding carboxylic acids is 1. The van der Waals surface area contributed by atoms with Crippen LogP contribution >= 0.6 is 0 Å². The smallest absolute Gasteiger partial charge is 0.319 e. The number of anilines is 1. The molecule has 24 heavy (non-hydrogen) atoms. The fraction of sp³-hybridized carbons (Fsp3) is 0.632. The summed E-state index contributed by atoms with van der Waals surface area (Å²) in [7, 11) is 0. The monoisotopic (exact) mass is 332 g/mol. The summed E-state index contributed by atoms with van der Waals surface area (Å²) in [6.45, 7) is 11.1. The van der Waals surface area contributed by atoms with E-state index in [1.54, 1.807) is 0 Å². The van der Waals surface area contributed by atoms with Crippen molar-refractivity contribution >= 4 is 11.7 Å². The Labute approximate surface area is 144 Å². The second-order valence-corrected chi connectivity index (χ2v) is 7.78. The van der Waals surface area contributed by atoms with E-state index in [4.69, 9.17) is 9.47 Å². The molecule has 2 fully saturated rings. The van der Waals surface area contributed by atoms with E-state index in [0.717, 1.165) is 30.0 Å². The molecule has 2 N–H and O–H groups in total. The highest BCUT2D eigenvalue weighted by Crippen LogP contribution is 2.52. The average molecular weight is 332 g/mol. The summed E-state index contributed by atoms with van der Waals surface area (Å²) in [6.07, 6.45) is 1.44. The maximum Gasteiger partial charge on any atom is 0.319 e. The highest BCUT2D eigenvalue weighted by atomic mass is 16.5. The molecule has 0 spiro atoms. The Balaban J connectivity index is 1.61. The van der Waals surface area contributed by atoms with Crippen molar-refractivity contribution < 1.29 is 14.3 Å². The van der Waals surface area contributed by atoms with E-state index < -0.39 is 0 Å². The van der Waals surface area contributed by atoms with E-state index in [-0.39, 0.29) is 29.7 Å². The summed E-state index contributed by atoms with van der Waals surface area (Å²) in [5, 5.41) is 6.10. The van der Waals surface area contributed by atoms with Gasteiger partial charge in [0.1, 0.15) is 5.75 Å². The van der Waals surface area contributed by atoms with Crippen LogP contribution in [0.4, 0.5) is 10.5 Å². The number of aryl methyl sites for hydroxylation is 1. The second-order valence-electron chi connectivity index (χ2n) is 7.78. The van der Waals surface area contributed by atoms with E-state index in [2.05, 4.69) is 24.5 Å². The third-order valence-electron chi connectivity index (χ3n) is 5.20. The number of rotatable bonds is 4. The number of ether oxygens (including phenoxy) is 2. The Morgan fingerprint density at radius 3 is 2.79 bits per heavy atom.